The first-order chi connectivity index (χ1) is 5.95. The number of carbonyl (C=O) groups is 1. The van der Waals surface area contributed by atoms with Crippen LogP contribution >= 0.6 is 0 Å². The Labute approximate surface area is 87.8 Å². The summed E-state index contributed by atoms with van der Waals surface area (Å²) in [5, 5.41) is 0. The molecule has 0 aromatic carbocycles. The first-order valence-electron chi connectivity index (χ1n) is 5.00. The van der Waals surface area contributed by atoms with E-state index in [1.54, 1.807) is 0 Å². The zero-order valence-corrected chi connectivity index (χ0v) is 10.8. The van der Waals surface area contributed by atoms with Gasteiger partial charge >= 0.3 is 87.5 Å². The number of hydrogen-bond acceptors (Lipinski definition) is 1. The number of Topliss-reactive ketones (excluding diaryl/α,β-unsaturated/α-hetero) is 1. The summed E-state index contributed by atoms with van der Waals surface area (Å²) >= 11 is 0.515. The summed E-state index contributed by atoms with van der Waals surface area (Å²) in [6.07, 6.45) is 3.11. The molecule has 76 valence electrons. The third kappa shape index (κ3) is 2.82. The van der Waals surface area contributed by atoms with E-state index in [4.69, 9.17) is 0 Å². The molecule has 0 amide bonds. The summed E-state index contributed by atoms with van der Waals surface area (Å²) in [5.41, 5.74) is 0.393. The molecule has 0 aliphatic heterocycles. The minimum absolute atomic E-state index is 0.393. The van der Waals surface area contributed by atoms with Gasteiger partial charge in [-0.25, -0.2) is 0 Å². The van der Waals surface area contributed by atoms with Gasteiger partial charge in [-0.1, -0.05) is 0 Å². The predicted molar refractivity (Wildman–Crippen MR) is 57.2 cm³/mol. The van der Waals surface area contributed by atoms with Gasteiger partial charge in [0.25, 0.3) is 0 Å². The van der Waals surface area contributed by atoms with Crippen LogP contribution in [0, 0.1) is 11.3 Å². The van der Waals surface area contributed by atoms with Crippen molar-refractivity contribution in [2.75, 3.05) is 0 Å². The first-order valence-corrected chi connectivity index (χ1v) is 7.71. The molecular formula is C11H20OSe. The first kappa shape index (κ1) is 11.3. The quantitative estimate of drug-likeness (QED) is 0.651. The third-order valence-electron chi connectivity index (χ3n) is 3.11. The van der Waals surface area contributed by atoms with Crippen LogP contribution in [0.4, 0.5) is 0 Å². The monoisotopic (exact) mass is 248 g/mol. The maximum absolute atomic E-state index is 11.5. The van der Waals surface area contributed by atoms with Crippen molar-refractivity contribution in [1.82, 2.24) is 0 Å². The molecule has 1 rings (SSSR count). The van der Waals surface area contributed by atoms with E-state index in [2.05, 4.69) is 26.6 Å². The van der Waals surface area contributed by atoms with Crippen LogP contribution in [0.3, 0.4) is 0 Å². The Balaban J connectivity index is 2.60. The van der Waals surface area contributed by atoms with Gasteiger partial charge in [-0.05, 0) is 0 Å². The molecule has 2 atom stereocenters. The molecule has 0 radical (unpaired) electrons. The molecule has 1 aliphatic rings. The van der Waals surface area contributed by atoms with Gasteiger partial charge in [-0.15, -0.1) is 0 Å². The summed E-state index contributed by atoms with van der Waals surface area (Å²) in [6, 6.07) is 0. The molecule has 1 nitrogen and oxygen atoms in total. The number of rotatable bonds is 1. The standard InChI is InChI=1S/C11H20OSe/c1-11(2,3)8-5-6-9(12)10(7-8)13-4/h8,10H,5-7H2,1-4H3/t8-,10+/m0/s1. The Morgan fingerprint density at radius 3 is 2.46 bits per heavy atom. The van der Waals surface area contributed by atoms with Gasteiger partial charge in [0.2, 0.25) is 0 Å². The van der Waals surface area contributed by atoms with E-state index < -0.39 is 0 Å². The Morgan fingerprint density at radius 1 is 1.38 bits per heavy atom. The molecule has 0 unspecified atom stereocenters. The van der Waals surface area contributed by atoms with E-state index in [0.717, 1.165) is 25.2 Å². The molecule has 0 aromatic heterocycles. The average Bonchev–Trinajstić information content (AvgIpc) is 2.03. The van der Waals surface area contributed by atoms with Crippen LogP contribution in [0.15, 0.2) is 0 Å². The van der Waals surface area contributed by atoms with Crippen molar-refractivity contribution in [3.63, 3.8) is 0 Å². The summed E-state index contributed by atoms with van der Waals surface area (Å²) in [7, 11) is 0. The van der Waals surface area contributed by atoms with Gasteiger partial charge in [0.05, 0.1) is 0 Å². The summed E-state index contributed by atoms with van der Waals surface area (Å²) in [5.74, 6) is 3.49. The van der Waals surface area contributed by atoms with Gasteiger partial charge in [0.15, 0.2) is 0 Å². The van der Waals surface area contributed by atoms with Crippen molar-refractivity contribution in [2.45, 2.75) is 50.7 Å². The van der Waals surface area contributed by atoms with E-state index in [9.17, 15) is 4.79 Å². The van der Waals surface area contributed by atoms with Crippen LogP contribution in [0.2, 0.25) is 10.6 Å². The third-order valence-corrected chi connectivity index (χ3v) is 5.26. The predicted octanol–water partition coefficient (Wildman–Crippen LogP) is 2.94. The molecule has 0 N–H and O–H groups in total. The van der Waals surface area contributed by atoms with Crippen molar-refractivity contribution in [3.05, 3.63) is 0 Å². The summed E-state index contributed by atoms with van der Waals surface area (Å²) in [4.78, 5) is 11.9. The number of carbonyl (C=O) groups excluding carboxylic acids is 1. The fraction of sp³-hybridized carbons (Fsp3) is 0.909. The van der Waals surface area contributed by atoms with Crippen LogP contribution in [-0.4, -0.2) is 20.7 Å². The van der Waals surface area contributed by atoms with Crippen LogP contribution in [0.25, 0.3) is 0 Å². The van der Waals surface area contributed by atoms with E-state index in [1.807, 2.05) is 0 Å². The number of ketones is 1. The molecule has 1 aliphatic carbocycles. The molecule has 1 saturated carbocycles. The van der Waals surface area contributed by atoms with Crippen LogP contribution < -0.4 is 0 Å². The van der Waals surface area contributed by atoms with E-state index in [0.29, 0.717) is 31.0 Å². The van der Waals surface area contributed by atoms with Gasteiger partial charge in [-0.3, -0.25) is 0 Å². The average molecular weight is 247 g/mol. The van der Waals surface area contributed by atoms with Gasteiger partial charge < -0.3 is 0 Å². The fourth-order valence-electron chi connectivity index (χ4n) is 2.00. The molecule has 1 fully saturated rings. The zero-order valence-electron chi connectivity index (χ0n) is 9.09. The normalized spacial score (nSPS) is 30.6. The molecule has 0 bridgehead atoms. The second-order valence-electron chi connectivity index (χ2n) is 5.03. The second kappa shape index (κ2) is 4.14. The molecular weight excluding hydrogens is 227 g/mol. The second-order valence-corrected chi connectivity index (χ2v) is 7.21. The zero-order chi connectivity index (χ0) is 10.1. The van der Waals surface area contributed by atoms with Gasteiger partial charge in [0.1, 0.15) is 0 Å². The molecule has 0 aromatic rings. The van der Waals surface area contributed by atoms with Gasteiger partial charge in [-0.2, -0.15) is 0 Å². The summed E-state index contributed by atoms with van der Waals surface area (Å²) in [6.45, 7) is 6.90. The molecule has 0 spiro atoms. The topological polar surface area (TPSA) is 17.1 Å². The Bertz CT molecular complexity index is 193. The van der Waals surface area contributed by atoms with Crippen LogP contribution in [-0.2, 0) is 4.79 Å². The fourth-order valence-corrected chi connectivity index (χ4v) is 3.69. The summed E-state index contributed by atoms with van der Waals surface area (Å²) < 4.78 is 0. The van der Waals surface area contributed by atoms with Gasteiger partial charge in [0, 0.05) is 0 Å². The minimum atomic E-state index is 0.393. The van der Waals surface area contributed by atoms with Crippen molar-refractivity contribution in [3.8, 4) is 0 Å². The van der Waals surface area contributed by atoms with E-state index in [1.165, 1.54) is 0 Å². The van der Waals surface area contributed by atoms with Crippen LogP contribution in [0.5, 0.6) is 0 Å². The van der Waals surface area contributed by atoms with Crippen molar-refractivity contribution >= 4 is 20.7 Å². The van der Waals surface area contributed by atoms with Crippen LogP contribution in [0.1, 0.15) is 40.0 Å². The molecule has 13 heavy (non-hydrogen) atoms. The van der Waals surface area contributed by atoms with E-state index >= 15 is 0 Å². The number of hydrogen-bond donors (Lipinski definition) is 0. The molecule has 0 saturated heterocycles. The van der Waals surface area contributed by atoms with Crippen molar-refractivity contribution < 1.29 is 4.79 Å². The maximum atomic E-state index is 11.5. The SMILES string of the molecule is C[Se][C@@H]1C[C@@H](C(C)(C)C)CCC1=O. The molecule has 2 heteroatoms. The van der Waals surface area contributed by atoms with E-state index in [-0.39, 0.29) is 0 Å². The Kier molecular flexibility index (Phi) is 3.59. The van der Waals surface area contributed by atoms with Crippen molar-refractivity contribution in [2.24, 2.45) is 11.3 Å². The van der Waals surface area contributed by atoms with Crippen molar-refractivity contribution in [1.29, 1.82) is 0 Å². The Hall–Kier alpha value is 0.189. The Morgan fingerprint density at radius 2 is 2.00 bits per heavy atom. The molecule has 0 heterocycles.